The number of aryl methyl sites for hydroxylation is 1. The average molecular weight is 385 g/mol. The number of hydrogen-bond donors (Lipinski definition) is 1. The standard InChI is InChI=1S/C23H19N3O3/c1-15-18-7-3-4-8-19(18)26(20-9-5-6-14-24-20)21(15)22(27)25-17-12-10-16(11-13-17)23(28)29-2/h3-14H,1-2H3,(H,25,27). The SMILES string of the molecule is COC(=O)c1ccc(NC(=O)c2c(C)c3ccccc3n2-c2ccccn2)cc1. The molecule has 1 amide bonds. The van der Waals surface area contributed by atoms with Gasteiger partial charge in [-0.1, -0.05) is 24.3 Å². The fraction of sp³-hybridized carbons (Fsp3) is 0.0870. The predicted octanol–water partition coefficient (Wildman–Crippen LogP) is 4.37. The molecule has 144 valence electrons. The molecule has 6 nitrogen and oxygen atoms in total. The average Bonchev–Trinajstić information content (AvgIpc) is 3.07. The first-order valence-corrected chi connectivity index (χ1v) is 9.11. The van der Waals surface area contributed by atoms with Crippen molar-refractivity contribution in [1.29, 1.82) is 0 Å². The van der Waals surface area contributed by atoms with Crippen molar-refractivity contribution in [2.24, 2.45) is 0 Å². The van der Waals surface area contributed by atoms with Gasteiger partial charge in [0.15, 0.2) is 0 Å². The lowest BCUT2D eigenvalue weighted by atomic mass is 10.1. The Hall–Kier alpha value is -3.93. The van der Waals surface area contributed by atoms with Gasteiger partial charge in [-0.15, -0.1) is 0 Å². The maximum absolute atomic E-state index is 13.2. The smallest absolute Gasteiger partial charge is 0.337 e. The highest BCUT2D eigenvalue weighted by Gasteiger charge is 2.22. The van der Waals surface area contributed by atoms with Crippen molar-refractivity contribution < 1.29 is 14.3 Å². The van der Waals surface area contributed by atoms with E-state index in [-0.39, 0.29) is 5.91 Å². The summed E-state index contributed by atoms with van der Waals surface area (Å²) in [5.41, 5.74) is 3.30. The highest BCUT2D eigenvalue weighted by atomic mass is 16.5. The number of ether oxygens (including phenoxy) is 1. The van der Waals surface area contributed by atoms with Crippen LogP contribution >= 0.6 is 0 Å². The lowest BCUT2D eigenvalue weighted by molar-refractivity contribution is 0.0600. The van der Waals surface area contributed by atoms with Crippen molar-refractivity contribution in [3.05, 3.63) is 89.7 Å². The van der Waals surface area contributed by atoms with Gasteiger partial charge in [0.25, 0.3) is 5.91 Å². The number of anilines is 1. The van der Waals surface area contributed by atoms with E-state index in [1.807, 2.05) is 54.0 Å². The molecule has 6 heteroatoms. The van der Waals surface area contributed by atoms with Crippen LogP contribution in [0.15, 0.2) is 72.9 Å². The molecule has 0 bridgehead atoms. The highest BCUT2D eigenvalue weighted by Crippen LogP contribution is 2.29. The van der Waals surface area contributed by atoms with Crippen molar-refractivity contribution in [2.75, 3.05) is 12.4 Å². The maximum Gasteiger partial charge on any atom is 0.337 e. The highest BCUT2D eigenvalue weighted by molar-refractivity contribution is 6.09. The molecule has 0 unspecified atom stereocenters. The van der Waals surface area contributed by atoms with E-state index in [0.717, 1.165) is 16.5 Å². The third-order valence-corrected chi connectivity index (χ3v) is 4.79. The Kier molecular flexibility index (Phi) is 4.83. The molecule has 0 saturated heterocycles. The van der Waals surface area contributed by atoms with E-state index in [1.54, 1.807) is 30.5 Å². The van der Waals surface area contributed by atoms with Gasteiger partial charge in [-0.3, -0.25) is 9.36 Å². The maximum atomic E-state index is 13.2. The fourth-order valence-electron chi connectivity index (χ4n) is 3.40. The number of nitrogens with one attached hydrogen (secondary N) is 1. The monoisotopic (exact) mass is 385 g/mol. The van der Waals surface area contributed by atoms with Gasteiger partial charge in [0, 0.05) is 17.3 Å². The summed E-state index contributed by atoms with van der Waals surface area (Å²) in [6.07, 6.45) is 1.70. The quantitative estimate of drug-likeness (QED) is 0.529. The lowest BCUT2D eigenvalue weighted by Gasteiger charge is -2.11. The second-order valence-corrected chi connectivity index (χ2v) is 6.54. The molecule has 2 aromatic heterocycles. The Labute approximate surface area is 167 Å². The van der Waals surface area contributed by atoms with Crippen LogP contribution in [0, 0.1) is 6.92 Å². The summed E-state index contributed by atoms with van der Waals surface area (Å²) < 4.78 is 6.57. The number of carbonyl (C=O) groups is 2. The van der Waals surface area contributed by atoms with Crippen LogP contribution in [0.2, 0.25) is 0 Å². The summed E-state index contributed by atoms with van der Waals surface area (Å²) >= 11 is 0. The largest absolute Gasteiger partial charge is 0.465 e. The molecule has 0 aliphatic rings. The van der Waals surface area contributed by atoms with Crippen molar-refractivity contribution in [3.63, 3.8) is 0 Å². The van der Waals surface area contributed by atoms with Gasteiger partial charge in [0.2, 0.25) is 0 Å². The molecule has 29 heavy (non-hydrogen) atoms. The normalized spacial score (nSPS) is 10.7. The van der Waals surface area contributed by atoms with Crippen LogP contribution in [0.1, 0.15) is 26.4 Å². The van der Waals surface area contributed by atoms with Gasteiger partial charge in [-0.2, -0.15) is 0 Å². The number of rotatable bonds is 4. The van der Waals surface area contributed by atoms with Gasteiger partial charge in [-0.05, 0) is 55.0 Å². The number of para-hydroxylation sites is 1. The van der Waals surface area contributed by atoms with Crippen LogP contribution < -0.4 is 5.32 Å². The molecule has 4 aromatic rings. The minimum Gasteiger partial charge on any atom is -0.465 e. The number of aromatic nitrogens is 2. The molecule has 0 aliphatic carbocycles. The van der Waals surface area contributed by atoms with Crippen molar-refractivity contribution >= 4 is 28.5 Å². The Morgan fingerprint density at radius 2 is 1.69 bits per heavy atom. The van der Waals surface area contributed by atoms with E-state index >= 15 is 0 Å². The van der Waals surface area contributed by atoms with E-state index in [1.165, 1.54) is 7.11 Å². The number of pyridine rings is 1. The van der Waals surface area contributed by atoms with E-state index in [0.29, 0.717) is 22.8 Å². The first kappa shape index (κ1) is 18.4. The number of esters is 1. The summed E-state index contributed by atoms with van der Waals surface area (Å²) in [5, 5.41) is 3.90. The Bertz CT molecular complexity index is 1200. The summed E-state index contributed by atoms with van der Waals surface area (Å²) in [6, 6.07) is 20.0. The number of hydrogen-bond acceptors (Lipinski definition) is 4. The Morgan fingerprint density at radius 3 is 2.38 bits per heavy atom. The summed E-state index contributed by atoms with van der Waals surface area (Å²) in [4.78, 5) is 29.3. The van der Waals surface area contributed by atoms with Gasteiger partial charge in [-0.25, -0.2) is 9.78 Å². The number of amides is 1. The summed E-state index contributed by atoms with van der Waals surface area (Å²) in [5.74, 6) is -0.00726. The molecule has 2 aromatic carbocycles. The van der Waals surface area contributed by atoms with E-state index < -0.39 is 5.97 Å². The van der Waals surface area contributed by atoms with E-state index in [4.69, 9.17) is 4.74 Å². The van der Waals surface area contributed by atoms with Crippen LogP contribution in [-0.4, -0.2) is 28.5 Å². The van der Waals surface area contributed by atoms with Crippen LogP contribution in [-0.2, 0) is 4.74 Å². The molecule has 0 fully saturated rings. The van der Waals surface area contributed by atoms with Crippen LogP contribution in [0.25, 0.3) is 16.7 Å². The molecule has 0 saturated carbocycles. The molecule has 0 radical (unpaired) electrons. The predicted molar refractivity (Wildman–Crippen MR) is 112 cm³/mol. The van der Waals surface area contributed by atoms with Crippen LogP contribution in [0.4, 0.5) is 5.69 Å². The minimum atomic E-state index is -0.422. The van der Waals surface area contributed by atoms with E-state index in [9.17, 15) is 9.59 Å². The van der Waals surface area contributed by atoms with Crippen molar-refractivity contribution in [2.45, 2.75) is 6.92 Å². The molecule has 0 aliphatic heterocycles. The summed E-state index contributed by atoms with van der Waals surface area (Å²) in [6.45, 7) is 1.93. The van der Waals surface area contributed by atoms with Gasteiger partial charge in [0.05, 0.1) is 18.2 Å². The number of fused-ring (bicyclic) bond motifs is 1. The number of nitrogens with zero attached hydrogens (tertiary/aromatic N) is 2. The zero-order valence-corrected chi connectivity index (χ0v) is 16.0. The Morgan fingerprint density at radius 1 is 0.966 bits per heavy atom. The number of methoxy groups -OCH3 is 1. The second kappa shape index (κ2) is 7.59. The molecule has 1 N–H and O–H groups in total. The zero-order chi connectivity index (χ0) is 20.4. The first-order chi connectivity index (χ1) is 14.1. The van der Waals surface area contributed by atoms with Crippen molar-refractivity contribution in [3.8, 4) is 5.82 Å². The van der Waals surface area contributed by atoms with Gasteiger partial charge in [0.1, 0.15) is 11.5 Å². The first-order valence-electron chi connectivity index (χ1n) is 9.11. The van der Waals surface area contributed by atoms with Crippen LogP contribution in [0.5, 0.6) is 0 Å². The van der Waals surface area contributed by atoms with Crippen molar-refractivity contribution in [1.82, 2.24) is 9.55 Å². The Balaban J connectivity index is 1.76. The lowest BCUT2D eigenvalue weighted by Crippen LogP contribution is -2.18. The summed E-state index contributed by atoms with van der Waals surface area (Å²) in [7, 11) is 1.33. The molecule has 2 heterocycles. The molecule has 0 atom stereocenters. The van der Waals surface area contributed by atoms with Crippen LogP contribution in [0.3, 0.4) is 0 Å². The number of carbonyl (C=O) groups excluding carboxylic acids is 2. The topological polar surface area (TPSA) is 73.2 Å². The molecular formula is C23H19N3O3. The minimum absolute atomic E-state index is 0.254. The molecule has 0 spiro atoms. The second-order valence-electron chi connectivity index (χ2n) is 6.54. The zero-order valence-electron chi connectivity index (χ0n) is 16.0. The molecular weight excluding hydrogens is 366 g/mol. The number of benzene rings is 2. The third-order valence-electron chi connectivity index (χ3n) is 4.79. The van der Waals surface area contributed by atoms with E-state index in [2.05, 4.69) is 10.3 Å². The molecule has 4 rings (SSSR count). The fourth-order valence-corrected chi connectivity index (χ4v) is 3.40. The third kappa shape index (κ3) is 3.36. The van der Waals surface area contributed by atoms with Gasteiger partial charge < -0.3 is 10.1 Å². The van der Waals surface area contributed by atoms with Gasteiger partial charge >= 0.3 is 5.97 Å².